The third kappa shape index (κ3) is 4.78. The number of hydrogen-bond donors (Lipinski definition) is 2. The van der Waals surface area contributed by atoms with Crippen LogP contribution in [0, 0.1) is 0 Å². The Morgan fingerprint density at radius 3 is 2.42 bits per heavy atom. The number of benzene rings is 1. The van der Waals surface area contributed by atoms with Crippen LogP contribution >= 0.6 is 31.9 Å². The average Bonchev–Trinajstić information content (AvgIpc) is 2.39. The van der Waals surface area contributed by atoms with Gasteiger partial charge in [-0.25, -0.2) is 0 Å². The van der Waals surface area contributed by atoms with Gasteiger partial charge >= 0.3 is 0 Å². The van der Waals surface area contributed by atoms with Crippen LogP contribution in [0.15, 0.2) is 21.1 Å². The van der Waals surface area contributed by atoms with Crippen molar-refractivity contribution in [2.75, 3.05) is 13.6 Å². The molecule has 0 saturated carbocycles. The molecule has 1 aromatic carbocycles. The van der Waals surface area contributed by atoms with Gasteiger partial charge in [0.15, 0.2) is 6.10 Å². The molecule has 19 heavy (non-hydrogen) atoms. The van der Waals surface area contributed by atoms with Gasteiger partial charge in [-0.15, -0.1) is 0 Å². The summed E-state index contributed by atoms with van der Waals surface area (Å²) in [7, 11) is 1.59. The lowest BCUT2D eigenvalue weighted by molar-refractivity contribution is -0.126. The van der Waals surface area contributed by atoms with E-state index in [2.05, 4.69) is 49.4 Å². The molecule has 1 aromatic rings. The number of halogens is 2. The van der Waals surface area contributed by atoms with Gasteiger partial charge in [0.1, 0.15) is 5.75 Å². The van der Waals surface area contributed by atoms with Crippen molar-refractivity contribution in [1.82, 2.24) is 10.6 Å². The van der Waals surface area contributed by atoms with Crippen molar-refractivity contribution in [2.24, 2.45) is 0 Å². The molecular weight excluding hydrogens is 376 g/mol. The Morgan fingerprint density at radius 1 is 1.37 bits per heavy atom. The lowest BCUT2D eigenvalue weighted by Gasteiger charge is -2.17. The molecule has 0 aliphatic rings. The van der Waals surface area contributed by atoms with Gasteiger partial charge in [-0.1, -0.05) is 6.92 Å². The van der Waals surface area contributed by atoms with Gasteiger partial charge in [0.05, 0.1) is 8.95 Å². The standard InChI is InChI=1S/C13H18Br2N2O2/c1-4-17-7-9-5-10(14)12(11(15)6-9)19-8(2)13(18)16-3/h5-6,8,17H,4,7H2,1-3H3,(H,16,18). The van der Waals surface area contributed by atoms with Gasteiger partial charge in [-0.05, 0) is 63.0 Å². The van der Waals surface area contributed by atoms with Crippen molar-refractivity contribution >= 4 is 37.8 Å². The van der Waals surface area contributed by atoms with Crippen LogP contribution in [-0.2, 0) is 11.3 Å². The number of nitrogens with one attached hydrogen (secondary N) is 2. The van der Waals surface area contributed by atoms with E-state index in [1.807, 2.05) is 12.1 Å². The fraction of sp³-hybridized carbons (Fsp3) is 0.462. The maximum atomic E-state index is 11.5. The Morgan fingerprint density at radius 2 is 1.95 bits per heavy atom. The van der Waals surface area contributed by atoms with E-state index >= 15 is 0 Å². The zero-order chi connectivity index (χ0) is 14.4. The molecule has 0 fully saturated rings. The Labute approximate surface area is 130 Å². The Kier molecular flexibility index (Phi) is 6.82. The van der Waals surface area contributed by atoms with Crippen LogP contribution in [0.4, 0.5) is 0 Å². The minimum atomic E-state index is -0.544. The molecule has 0 saturated heterocycles. The van der Waals surface area contributed by atoms with Crippen LogP contribution < -0.4 is 15.4 Å². The Hall–Kier alpha value is -0.590. The summed E-state index contributed by atoms with van der Waals surface area (Å²) < 4.78 is 7.31. The molecule has 106 valence electrons. The first kappa shape index (κ1) is 16.5. The molecule has 6 heteroatoms. The maximum absolute atomic E-state index is 11.5. The van der Waals surface area contributed by atoms with E-state index in [-0.39, 0.29) is 5.91 Å². The normalized spacial score (nSPS) is 12.1. The Balaban J connectivity index is 2.87. The van der Waals surface area contributed by atoms with Gasteiger partial charge in [0, 0.05) is 13.6 Å². The van der Waals surface area contributed by atoms with Crippen molar-refractivity contribution in [1.29, 1.82) is 0 Å². The number of ether oxygens (including phenoxy) is 1. The lowest BCUT2D eigenvalue weighted by Crippen LogP contribution is -2.33. The van der Waals surface area contributed by atoms with Crippen LogP contribution in [0.3, 0.4) is 0 Å². The highest BCUT2D eigenvalue weighted by atomic mass is 79.9. The van der Waals surface area contributed by atoms with Crippen molar-refractivity contribution < 1.29 is 9.53 Å². The summed E-state index contributed by atoms with van der Waals surface area (Å²) in [5, 5.41) is 5.82. The van der Waals surface area contributed by atoms with E-state index in [9.17, 15) is 4.79 Å². The molecule has 0 bridgehead atoms. The van der Waals surface area contributed by atoms with E-state index in [0.717, 1.165) is 27.6 Å². The van der Waals surface area contributed by atoms with E-state index in [1.165, 1.54) is 0 Å². The van der Waals surface area contributed by atoms with Crippen LogP contribution in [0.25, 0.3) is 0 Å². The molecule has 4 nitrogen and oxygen atoms in total. The van der Waals surface area contributed by atoms with Gasteiger partial charge < -0.3 is 15.4 Å². The van der Waals surface area contributed by atoms with Crippen LogP contribution in [0.5, 0.6) is 5.75 Å². The highest BCUT2D eigenvalue weighted by Crippen LogP contribution is 2.35. The van der Waals surface area contributed by atoms with Gasteiger partial charge in [-0.2, -0.15) is 0 Å². The molecule has 0 aliphatic carbocycles. The summed E-state index contributed by atoms with van der Waals surface area (Å²) in [4.78, 5) is 11.5. The summed E-state index contributed by atoms with van der Waals surface area (Å²) in [5.41, 5.74) is 1.14. The van der Waals surface area contributed by atoms with E-state index in [1.54, 1.807) is 14.0 Å². The first-order valence-electron chi connectivity index (χ1n) is 6.06. The van der Waals surface area contributed by atoms with Crippen LogP contribution in [-0.4, -0.2) is 25.6 Å². The monoisotopic (exact) mass is 392 g/mol. The number of likely N-dealkylation sites (N-methyl/N-ethyl adjacent to an activating group) is 1. The number of hydrogen-bond acceptors (Lipinski definition) is 3. The summed E-state index contributed by atoms with van der Waals surface area (Å²) in [6, 6.07) is 3.97. The fourth-order valence-electron chi connectivity index (χ4n) is 1.53. The highest BCUT2D eigenvalue weighted by molar-refractivity contribution is 9.11. The molecule has 1 rings (SSSR count). The van der Waals surface area contributed by atoms with Gasteiger partial charge in [0.25, 0.3) is 5.91 Å². The second kappa shape index (κ2) is 7.87. The highest BCUT2D eigenvalue weighted by Gasteiger charge is 2.17. The molecule has 0 radical (unpaired) electrons. The van der Waals surface area contributed by atoms with Crippen molar-refractivity contribution in [3.05, 3.63) is 26.6 Å². The Bertz CT molecular complexity index is 429. The summed E-state index contributed by atoms with van der Waals surface area (Å²) in [6.07, 6.45) is -0.544. The number of carbonyl (C=O) groups excluding carboxylic acids is 1. The zero-order valence-corrected chi connectivity index (χ0v) is 14.4. The molecule has 0 spiro atoms. The zero-order valence-electron chi connectivity index (χ0n) is 11.2. The van der Waals surface area contributed by atoms with Gasteiger partial charge in [-0.3, -0.25) is 4.79 Å². The van der Waals surface area contributed by atoms with E-state index in [0.29, 0.717) is 5.75 Å². The van der Waals surface area contributed by atoms with E-state index < -0.39 is 6.10 Å². The minimum Gasteiger partial charge on any atom is -0.479 e. The molecule has 1 amide bonds. The molecule has 1 atom stereocenters. The largest absolute Gasteiger partial charge is 0.479 e. The van der Waals surface area contributed by atoms with Crippen molar-refractivity contribution in [3.8, 4) is 5.75 Å². The predicted molar refractivity (Wildman–Crippen MR) is 83.4 cm³/mol. The predicted octanol–water partition coefficient (Wildman–Crippen LogP) is 2.83. The first-order valence-corrected chi connectivity index (χ1v) is 7.65. The van der Waals surface area contributed by atoms with Crippen LogP contribution in [0.2, 0.25) is 0 Å². The molecule has 0 aliphatic heterocycles. The number of amides is 1. The van der Waals surface area contributed by atoms with Crippen molar-refractivity contribution in [2.45, 2.75) is 26.5 Å². The second-order valence-corrected chi connectivity index (χ2v) is 5.75. The van der Waals surface area contributed by atoms with Gasteiger partial charge in [0.2, 0.25) is 0 Å². The third-order valence-electron chi connectivity index (χ3n) is 2.55. The maximum Gasteiger partial charge on any atom is 0.260 e. The average molecular weight is 394 g/mol. The molecular formula is C13H18Br2N2O2. The number of carbonyl (C=O) groups is 1. The van der Waals surface area contributed by atoms with Crippen molar-refractivity contribution in [3.63, 3.8) is 0 Å². The first-order chi connectivity index (χ1) is 8.99. The summed E-state index contributed by atoms with van der Waals surface area (Å²) in [6.45, 7) is 5.48. The molecule has 0 aromatic heterocycles. The SMILES string of the molecule is CCNCc1cc(Br)c(OC(C)C(=O)NC)c(Br)c1. The van der Waals surface area contributed by atoms with E-state index in [4.69, 9.17) is 4.74 Å². The minimum absolute atomic E-state index is 0.157. The second-order valence-electron chi connectivity index (χ2n) is 4.04. The van der Waals surface area contributed by atoms with Crippen LogP contribution in [0.1, 0.15) is 19.4 Å². The fourth-order valence-corrected chi connectivity index (χ4v) is 3.00. The third-order valence-corrected chi connectivity index (χ3v) is 3.73. The lowest BCUT2D eigenvalue weighted by atomic mass is 10.2. The summed E-state index contributed by atoms with van der Waals surface area (Å²) >= 11 is 6.95. The summed E-state index contributed by atoms with van der Waals surface area (Å²) in [5.74, 6) is 0.479. The number of rotatable bonds is 6. The smallest absolute Gasteiger partial charge is 0.260 e. The molecule has 1 unspecified atom stereocenters. The topological polar surface area (TPSA) is 50.4 Å². The molecule has 0 heterocycles. The molecule has 2 N–H and O–H groups in total. The quantitative estimate of drug-likeness (QED) is 0.781.